The van der Waals surface area contributed by atoms with Crippen LogP contribution in [0.2, 0.25) is 0 Å². The van der Waals surface area contributed by atoms with E-state index in [1.165, 1.54) is 13.0 Å². The van der Waals surface area contributed by atoms with Crippen molar-refractivity contribution >= 4 is 17.4 Å². The molecule has 0 saturated heterocycles. The van der Waals surface area contributed by atoms with Crippen LogP contribution in [0.1, 0.15) is 29.9 Å². The van der Waals surface area contributed by atoms with Gasteiger partial charge in [0.2, 0.25) is 0 Å². The largest absolute Gasteiger partial charge is 0.507 e. The van der Waals surface area contributed by atoms with Gasteiger partial charge in [-0.2, -0.15) is 0 Å². The molecule has 82 valence electrons. The molecule has 0 heterocycles. The van der Waals surface area contributed by atoms with E-state index in [2.05, 4.69) is 0 Å². The first-order chi connectivity index (χ1) is 6.93. The second-order valence-electron chi connectivity index (χ2n) is 3.09. The summed E-state index contributed by atoms with van der Waals surface area (Å²) in [6.07, 6.45) is -2.79. The minimum absolute atomic E-state index is 0.261. The molecule has 0 amide bonds. The summed E-state index contributed by atoms with van der Waals surface area (Å²) >= 11 is 5.69. The van der Waals surface area contributed by atoms with E-state index in [-0.39, 0.29) is 11.3 Å². The number of halogens is 3. The van der Waals surface area contributed by atoms with E-state index in [1.807, 2.05) is 0 Å². The van der Waals surface area contributed by atoms with Crippen LogP contribution in [0.3, 0.4) is 0 Å². The molecule has 0 aliphatic carbocycles. The zero-order chi connectivity index (χ0) is 11.6. The Labute approximate surface area is 90.5 Å². The van der Waals surface area contributed by atoms with E-state index in [4.69, 9.17) is 16.7 Å². The molecular formula is C10H9ClF2O2. The molecule has 1 rings (SSSR count). The van der Waals surface area contributed by atoms with Crippen LogP contribution in [0.25, 0.3) is 0 Å². The van der Waals surface area contributed by atoms with Crippen molar-refractivity contribution in [2.45, 2.75) is 18.7 Å². The molecule has 1 aromatic rings. The summed E-state index contributed by atoms with van der Waals surface area (Å²) in [5, 5.41) is 8.16. The Bertz CT molecular complexity index is 380. The smallest absolute Gasteiger partial charge is 0.267 e. The standard InChI is InChI=1S/C10H9ClF2O2/c1-5(14)9(11)6-2-3-8(15)7(4-6)10(12)13/h2-4,9-10,15H,1H3. The predicted molar refractivity (Wildman–Crippen MR) is 52.3 cm³/mol. The average Bonchev–Trinajstić information content (AvgIpc) is 2.16. The lowest BCUT2D eigenvalue weighted by Gasteiger charge is -2.09. The van der Waals surface area contributed by atoms with E-state index in [0.29, 0.717) is 0 Å². The summed E-state index contributed by atoms with van der Waals surface area (Å²) in [5.74, 6) is -0.830. The van der Waals surface area contributed by atoms with Crippen LogP contribution in [-0.2, 0) is 4.79 Å². The molecule has 0 aliphatic rings. The van der Waals surface area contributed by atoms with Crippen LogP contribution in [0.15, 0.2) is 18.2 Å². The summed E-state index contributed by atoms with van der Waals surface area (Å²) in [7, 11) is 0. The van der Waals surface area contributed by atoms with Gasteiger partial charge in [0.1, 0.15) is 11.1 Å². The Balaban J connectivity index is 3.13. The lowest BCUT2D eigenvalue weighted by molar-refractivity contribution is -0.116. The van der Waals surface area contributed by atoms with Crippen molar-refractivity contribution in [3.63, 3.8) is 0 Å². The normalized spacial score (nSPS) is 12.9. The third-order valence-electron chi connectivity index (χ3n) is 1.94. The number of carbonyl (C=O) groups is 1. The maximum Gasteiger partial charge on any atom is 0.267 e. The lowest BCUT2D eigenvalue weighted by Crippen LogP contribution is -2.02. The Morgan fingerprint density at radius 1 is 1.47 bits per heavy atom. The summed E-state index contributed by atoms with van der Waals surface area (Å²) < 4.78 is 24.8. The van der Waals surface area contributed by atoms with Crippen LogP contribution < -0.4 is 0 Å². The number of rotatable bonds is 3. The van der Waals surface area contributed by atoms with Crippen LogP contribution in [-0.4, -0.2) is 10.9 Å². The summed E-state index contributed by atoms with van der Waals surface area (Å²) in [5.41, 5.74) is -0.253. The number of carbonyl (C=O) groups excluding carboxylic acids is 1. The first-order valence-corrected chi connectivity index (χ1v) is 4.62. The molecule has 1 unspecified atom stereocenters. The quantitative estimate of drug-likeness (QED) is 0.816. The van der Waals surface area contributed by atoms with Gasteiger partial charge in [-0.15, -0.1) is 11.6 Å². The third kappa shape index (κ3) is 2.65. The fourth-order valence-electron chi connectivity index (χ4n) is 1.14. The van der Waals surface area contributed by atoms with Crippen LogP contribution in [0.5, 0.6) is 5.75 Å². The van der Waals surface area contributed by atoms with Gasteiger partial charge in [0.15, 0.2) is 5.78 Å². The van der Waals surface area contributed by atoms with Crippen molar-refractivity contribution in [2.24, 2.45) is 0 Å². The van der Waals surface area contributed by atoms with Gasteiger partial charge in [-0.25, -0.2) is 8.78 Å². The molecule has 0 aromatic heterocycles. The number of hydrogen-bond donors (Lipinski definition) is 1. The van der Waals surface area contributed by atoms with Crippen molar-refractivity contribution in [1.82, 2.24) is 0 Å². The fourth-order valence-corrected chi connectivity index (χ4v) is 1.28. The number of phenols is 1. The molecule has 0 bridgehead atoms. The summed E-state index contributed by atoms with van der Waals surface area (Å²) in [6, 6.07) is 3.49. The number of hydrogen-bond acceptors (Lipinski definition) is 2. The van der Waals surface area contributed by atoms with Crippen molar-refractivity contribution in [2.75, 3.05) is 0 Å². The van der Waals surface area contributed by atoms with Gasteiger partial charge in [0, 0.05) is 0 Å². The Hall–Kier alpha value is -1.16. The molecule has 0 saturated carbocycles. The highest BCUT2D eigenvalue weighted by molar-refractivity contribution is 6.30. The molecule has 15 heavy (non-hydrogen) atoms. The fraction of sp³-hybridized carbons (Fsp3) is 0.300. The average molecular weight is 235 g/mol. The molecule has 2 nitrogen and oxygen atoms in total. The van der Waals surface area contributed by atoms with Crippen LogP contribution in [0, 0.1) is 0 Å². The maximum atomic E-state index is 12.4. The van der Waals surface area contributed by atoms with Gasteiger partial charge in [-0.1, -0.05) is 6.07 Å². The van der Waals surface area contributed by atoms with Gasteiger partial charge in [0.05, 0.1) is 5.56 Å². The number of phenolic OH excluding ortho intramolecular Hbond substituents is 1. The first-order valence-electron chi connectivity index (χ1n) is 4.19. The van der Waals surface area contributed by atoms with Gasteiger partial charge >= 0.3 is 0 Å². The van der Waals surface area contributed by atoms with E-state index < -0.39 is 23.1 Å². The Kier molecular flexibility index (Phi) is 3.63. The van der Waals surface area contributed by atoms with Crippen molar-refractivity contribution in [3.05, 3.63) is 29.3 Å². The van der Waals surface area contributed by atoms with E-state index >= 15 is 0 Å². The Morgan fingerprint density at radius 3 is 2.53 bits per heavy atom. The summed E-state index contributed by atoms with van der Waals surface area (Å²) in [4.78, 5) is 10.9. The summed E-state index contributed by atoms with van der Waals surface area (Å²) in [6.45, 7) is 1.27. The van der Waals surface area contributed by atoms with Gasteiger partial charge in [-0.3, -0.25) is 4.79 Å². The zero-order valence-corrected chi connectivity index (χ0v) is 8.63. The topological polar surface area (TPSA) is 37.3 Å². The highest BCUT2D eigenvalue weighted by Gasteiger charge is 2.18. The molecule has 5 heteroatoms. The maximum absolute atomic E-state index is 12.4. The van der Waals surface area contributed by atoms with Gasteiger partial charge in [-0.05, 0) is 24.6 Å². The van der Waals surface area contributed by atoms with E-state index in [9.17, 15) is 13.6 Å². The van der Waals surface area contributed by atoms with Crippen LogP contribution in [0.4, 0.5) is 8.78 Å². The van der Waals surface area contributed by atoms with Crippen LogP contribution >= 0.6 is 11.6 Å². The minimum Gasteiger partial charge on any atom is -0.507 e. The molecule has 0 radical (unpaired) electrons. The van der Waals surface area contributed by atoms with E-state index in [1.54, 1.807) is 0 Å². The highest BCUT2D eigenvalue weighted by atomic mass is 35.5. The van der Waals surface area contributed by atoms with Crippen molar-refractivity contribution < 1.29 is 18.7 Å². The number of Topliss-reactive ketones (excluding diaryl/α,β-unsaturated/α-hetero) is 1. The zero-order valence-electron chi connectivity index (χ0n) is 7.88. The SMILES string of the molecule is CC(=O)C(Cl)c1ccc(O)c(C(F)F)c1. The molecular weight excluding hydrogens is 226 g/mol. The molecule has 0 aliphatic heterocycles. The highest BCUT2D eigenvalue weighted by Crippen LogP contribution is 2.32. The first kappa shape index (κ1) is 11.9. The monoisotopic (exact) mass is 234 g/mol. The number of ketones is 1. The second-order valence-corrected chi connectivity index (χ2v) is 3.53. The van der Waals surface area contributed by atoms with Gasteiger partial charge in [0.25, 0.3) is 6.43 Å². The number of alkyl halides is 3. The predicted octanol–water partition coefficient (Wildman–Crippen LogP) is 3.20. The molecule has 1 atom stereocenters. The molecule has 1 N–H and O–H groups in total. The number of aromatic hydroxyl groups is 1. The number of benzene rings is 1. The Morgan fingerprint density at radius 2 is 2.07 bits per heavy atom. The second kappa shape index (κ2) is 4.57. The molecule has 1 aromatic carbocycles. The molecule has 0 fully saturated rings. The lowest BCUT2D eigenvalue weighted by atomic mass is 10.1. The minimum atomic E-state index is -2.79. The molecule has 0 spiro atoms. The van der Waals surface area contributed by atoms with E-state index in [0.717, 1.165) is 12.1 Å². The van der Waals surface area contributed by atoms with Crippen molar-refractivity contribution in [3.8, 4) is 5.75 Å². The van der Waals surface area contributed by atoms with Gasteiger partial charge < -0.3 is 5.11 Å². The van der Waals surface area contributed by atoms with Crippen molar-refractivity contribution in [1.29, 1.82) is 0 Å². The third-order valence-corrected chi connectivity index (χ3v) is 2.50.